The number of pyridine rings is 4. The molecule has 0 N–H and O–H groups in total. The number of aromatic nitrogens is 8. The van der Waals surface area contributed by atoms with Gasteiger partial charge in [-0.2, -0.15) is 0 Å². The maximum Gasteiger partial charge on any atom is 0.0714 e. The van der Waals surface area contributed by atoms with E-state index in [-0.39, 0.29) is 54.1 Å². The second kappa shape index (κ2) is 34.3. The lowest BCUT2D eigenvalue weighted by molar-refractivity contribution is 0.587. The van der Waals surface area contributed by atoms with Gasteiger partial charge < -0.3 is 18.3 Å². The third-order valence-electron chi connectivity index (χ3n) is 31.3. The number of rotatable bonds is 8. The van der Waals surface area contributed by atoms with E-state index in [1.54, 1.807) is 0 Å². The van der Waals surface area contributed by atoms with Gasteiger partial charge in [-0.1, -0.05) is 305 Å². The van der Waals surface area contributed by atoms with E-state index in [0.29, 0.717) is 0 Å². The van der Waals surface area contributed by atoms with E-state index in [2.05, 4.69) is 519 Å². The van der Waals surface area contributed by atoms with Crippen LogP contribution >= 0.6 is 0 Å². The molecule has 0 radical (unpaired) electrons. The van der Waals surface area contributed by atoms with Crippen LogP contribution in [0.25, 0.3) is 198 Å². The molecule has 0 spiro atoms. The van der Waals surface area contributed by atoms with Gasteiger partial charge >= 0.3 is 0 Å². The Morgan fingerprint density at radius 1 is 0.144 bits per heavy atom. The van der Waals surface area contributed by atoms with Gasteiger partial charge in [0.2, 0.25) is 0 Å². The molecule has 22 aromatic rings. The van der Waals surface area contributed by atoms with Gasteiger partial charge in [0.25, 0.3) is 0 Å². The third kappa shape index (κ3) is 17.2. The summed E-state index contributed by atoms with van der Waals surface area (Å²) in [4.78, 5) is 21.2. The Kier molecular flexibility index (Phi) is 23.0. The number of hydrogen-bond acceptors (Lipinski definition) is 4. The molecule has 0 aliphatic rings. The first-order valence-electron chi connectivity index (χ1n) is 52.8. The average molecular weight is 1910 g/mol. The van der Waals surface area contributed by atoms with Crippen molar-refractivity contribution >= 4 is 130 Å². The van der Waals surface area contributed by atoms with Crippen LogP contribution in [-0.4, -0.2) is 38.2 Å². The standard InChI is InChI=1S/C72H78N4.C66H66N4/c1-67(2,3)43-21-31-61-53(35-43)54-36-44(68(4,5)6)22-32-62(54)75(61)49-25-27-51-57(39-49)65(59-29-19-47(41-73-59)71(13,14)15)52-28-26-50(40-58(52)66(51)60-30-20-48(42-74-60)72(16,17)18)76-63-33-23-45(69(7,8)9)37-55(63)56-38-46(70(10,11)12)24-34-64(56)76;1-39-15-25-55(67-37-39)61-47-23-21-46(70-59-29-19-43(65(9,10)11)33-51(59)52-34-44(66(12,13)14)20-30-60(52)70)36-54(47)62(56-26-16-40(2)38-68-56)48-24-22-45(35-53(48)61)69-57-27-17-41(63(3,4)5)31-49(57)50-32-42(64(6,7)8)18-28-58(50)69/h19-42H,1-18H3;15-38H,1-14H3. The van der Waals surface area contributed by atoms with Crippen molar-refractivity contribution in [1.82, 2.24) is 38.2 Å². The summed E-state index contributed by atoms with van der Waals surface area (Å²) in [5, 5.41) is 19.3. The van der Waals surface area contributed by atoms with Crippen molar-refractivity contribution in [3.05, 3.63) is 358 Å². The number of hydrogen-bond donors (Lipinski definition) is 0. The van der Waals surface area contributed by atoms with Crippen LogP contribution in [0.5, 0.6) is 0 Å². The van der Waals surface area contributed by atoms with Crippen molar-refractivity contribution in [2.75, 3.05) is 0 Å². The summed E-state index contributed by atoms with van der Waals surface area (Å²) in [6, 6.07) is 103. The molecular formula is C138H144N8. The lowest BCUT2D eigenvalue weighted by Gasteiger charge is -2.22. The normalized spacial score (nSPS) is 13.2. The number of aryl methyl sites for hydroxylation is 2. The Labute approximate surface area is 864 Å². The quantitative estimate of drug-likeness (QED) is 0.142. The Morgan fingerprint density at radius 2 is 0.301 bits per heavy atom. The molecule has 8 aromatic heterocycles. The van der Waals surface area contributed by atoms with Crippen LogP contribution in [0.2, 0.25) is 0 Å². The lowest BCUT2D eigenvalue weighted by Crippen LogP contribution is -2.11. The highest BCUT2D eigenvalue weighted by molar-refractivity contribution is 6.25. The number of nitrogens with zero attached hydrogens (tertiary/aromatic N) is 8. The van der Waals surface area contributed by atoms with Crippen LogP contribution in [0.4, 0.5) is 0 Å². The second-order valence-electron chi connectivity index (χ2n) is 52.4. The Balaban J connectivity index is 0.000000172. The average Bonchev–Trinajstić information content (AvgIpc) is 1.33. The molecule has 0 atom stereocenters. The molecule has 0 bridgehead atoms. The van der Waals surface area contributed by atoms with Gasteiger partial charge in [-0.15, -0.1) is 0 Å². The summed E-state index contributed by atoms with van der Waals surface area (Å²) >= 11 is 0. The monoisotopic (exact) mass is 1910 g/mol. The van der Waals surface area contributed by atoms with E-state index in [1.807, 2.05) is 12.4 Å². The highest BCUT2D eigenvalue weighted by atomic mass is 15.0. The molecule has 0 aliphatic heterocycles. The smallest absolute Gasteiger partial charge is 0.0714 e. The van der Waals surface area contributed by atoms with Crippen molar-refractivity contribution in [3.63, 3.8) is 0 Å². The largest absolute Gasteiger partial charge is 0.309 e. The molecule has 146 heavy (non-hydrogen) atoms. The SMILES string of the molecule is CC(C)(C)c1ccc(-c2c3ccc(-n4c5ccc(C(C)(C)C)cc5c5cc(C(C)(C)C)ccc54)cc3c(-c3ccc(C(C)(C)C)cn3)c3ccc(-n4c5ccc(C(C)(C)C)cc5c5cc(C(C)(C)C)ccc54)cc23)nc1.Cc1ccc(-c2c3ccc(-n4c5ccc(C(C)(C)C)cc5c5cc(C(C)(C)C)ccc54)cc3c(-c3ccc(C)cn3)c3ccc(-n4c5ccc(C(C)(C)C)cc5c5cc(C(C)(C)C)ccc54)cc23)nc1. The van der Waals surface area contributed by atoms with E-state index in [9.17, 15) is 0 Å². The van der Waals surface area contributed by atoms with E-state index in [4.69, 9.17) is 19.9 Å². The van der Waals surface area contributed by atoms with Gasteiger partial charge in [-0.25, -0.2) is 0 Å². The molecule has 8 heterocycles. The summed E-state index contributed by atoms with van der Waals surface area (Å²) in [7, 11) is 0. The minimum absolute atomic E-state index is 0.00120. The van der Waals surface area contributed by atoms with Crippen molar-refractivity contribution in [1.29, 1.82) is 0 Å². The van der Waals surface area contributed by atoms with Gasteiger partial charge in [-0.05, 0) is 348 Å². The highest BCUT2D eigenvalue weighted by Gasteiger charge is 2.33. The Bertz CT molecular complexity index is 8260. The zero-order chi connectivity index (χ0) is 104. The minimum atomic E-state index is -0.0493. The summed E-state index contributed by atoms with van der Waals surface area (Å²) in [5.74, 6) is 0. The highest BCUT2D eigenvalue weighted by Crippen LogP contribution is 2.52. The van der Waals surface area contributed by atoms with Crippen molar-refractivity contribution in [3.8, 4) is 67.8 Å². The van der Waals surface area contributed by atoms with Crippen molar-refractivity contribution in [2.45, 2.75) is 276 Å². The first kappa shape index (κ1) is 98.0. The predicted octanol–water partition coefficient (Wildman–Crippen LogP) is 38.2. The van der Waals surface area contributed by atoms with Crippen molar-refractivity contribution in [2.24, 2.45) is 0 Å². The fraction of sp³-hybridized carbons (Fsp3) is 0.304. The van der Waals surface area contributed by atoms with Gasteiger partial charge in [-0.3, -0.25) is 19.9 Å². The fourth-order valence-electron chi connectivity index (χ4n) is 22.2. The summed E-state index contributed by atoms with van der Waals surface area (Å²) < 4.78 is 9.94. The molecular weight excluding hydrogens is 1770 g/mol. The molecule has 22 rings (SSSR count). The molecule has 0 fully saturated rings. The molecule has 0 unspecified atom stereocenters. The molecule has 0 saturated heterocycles. The molecule has 8 heteroatoms. The topological polar surface area (TPSA) is 71.3 Å². The van der Waals surface area contributed by atoms with Crippen LogP contribution in [-0.2, 0) is 54.1 Å². The van der Waals surface area contributed by atoms with E-state index in [1.165, 1.54) is 143 Å². The van der Waals surface area contributed by atoms with Crippen LogP contribution < -0.4 is 0 Å². The first-order chi connectivity index (χ1) is 68.5. The van der Waals surface area contributed by atoms with Crippen LogP contribution in [0.1, 0.15) is 274 Å². The number of fused-ring (bicyclic) bond motifs is 16. The van der Waals surface area contributed by atoms with Gasteiger partial charge in [0.05, 0.1) is 66.9 Å². The molecule has 0 saturated carbocycles. The van der Waals surface area contributed by atoms with E-state index >= 15 is 0 Å². The van der Waals surface area contributed by atoms with E-state index in [0.717, 1.165) is 122 Å². The van der Waals surface area contributed by atoms with Crippen LogP contribution in [0.3, 0.4) is 0 Å². The van der Waals surface area contributed by atoms with Crippen LogP contribution in [0.15, 0.2) is 292 Å². The molecule has 736 valence electrons. The first-order valence-corrected chi connectivity index (χ1v) is 52.8. The van der Waals surface area contributed by atoms with Gasteiger partial charge in [0.1, 0.15) is 0 Å². The van der Waals surface area contributed by atoms with E-state index < -0.39 is 0 Å². The molecule has 0 amide bonds. The summed E-state index contributed by atoms with van der Waals surface area (Å²) in [6.07, 6.45) is 8.19. The summed E-state index contributed by atoms with van der Waals surface area (Å²) in [5.41, 5.74) is 37.6. The summed E-state index contributed by atoms with van der Waals surface area (Å²) in [6.45, 7) is 73.2. The Hall–Kier alpha value is -14.1. The predicted molar refractivity (Wildman–Crippen MR) is 630 cm³/mol. The second-order valence-corrected chi connectivity index (χ2v) is 52.4. The molecule has 0 aliphatic carbocycles. The molecule has 14 aromatic carbocycles. The third-order valence-corrected chi connectivity index (χ3v) is 31.3. The van der Waals surface area contributed by atoms with Gasteiger partial charge in [0, 0.05) is 113 Å². The number of benzene rings is 14. The Morgan fingerprint density at radius 3 is 0.445 bits per heavy atom. The lowest BCUT2D eigenvalue weighted by atomic mass is 9.85. The van der Waals surface area contributed by atoms with Gasteiger partial charge in [0.15, 0.2) is 0 Å². The zero-order valence-corrected chi connectivity index (χ0v) is 92.3. The van der Waals surface area contributed by atoms with Crippen molar-refractivity contribution < 1.29 is 0 Å². The molecule has 8 nitrogen and oxygen atoms in total. The maximum absolute atomic E-state index is 5.40. The zero-order valence-electron chi connectivity index (χ0n) is 92.3. The van der Waals surface area contributed by atoms with Crippen LogP contribution in [0, 0.1) is 13.8 Å². The minimum Gasteiger partial charge on any atom is -0.309 e. The fourth-order valence-corrected chi connectivity index (χ4v) is 22.2. The maximum atomic E-state index is 5.40.